The van der Waals surface area contributed by atoms with Crippen LogP contribution in [0, 0.1) is 0 Å². The molecule has 0 aromatic heterocycles. The molecule has 2 N–H and O–H groups in total. The van der Waals surface area contributed by atoms with Crippen LogP contribution in [0.4, 0.5) is 11.4 Å². The van der Waals surface area contributed by atoms with E-state index in [1.54, 1.807) is 7.11 Å². The van der Waals surface area contributed by atoms with E-state index in [9.17, 15) is 0 Å². The summed E-state index contributed by atoms with van der Waals surface area (Å²) in [6.07, 6.45) is 1.17. The van der Waals surface area contributed by atoms with Gasteiger partial charge >= 0.3 is 0 Å². The number of benzene rings is 2. The first-order chi connectivity index (χ1) is 11.7. The summed E-state index contributed by atoms with van der Waals surface area (Å²) >= 11 is 0. The average Bonchev–Trinajstić information content (AvgIpc) is 2.62. The summed E-state index contributed by atoms with van der Waals surface area (Å²) < 4.78 is 17.0. The fourth-order valence-electron chi connectivity index (χ4n) is 2.81. The molecule has 2 aromatic rings. The molecule has 0 fully saturated rings. The monoisotopic (exact) mass is 328 g/mol. The summed E-state index contributed by atoms with van der Waals surface area (Å²) in [5, 5.41) is 0. The molecule has 5 nitrogen and oxygen atoms in total. The quantitative estimate of drug-likeness (QED) is 0.824. The van der Waals surface area contributed by atoms with Crippen LogP contribution >= 0.6 is 0 Å². The number of rotatable bonds is 6. The molecule has 1 aliphatic rings. The van der Waals surface area contributed by atoms with E-state index in [0.29, 0.717) is 6.61 Å². The SMILES string of the molecule is CCC1CN(CCOc2ccc(OC)cc2)c2cc(N)ccc2O1. The summed E-state index contributed by atoms with van der Waals surface area (Å²) in [5.74, 6) is 2.56. The van der Waals surface area contributed by atoms with Gasteiger partial charge in [-0.1, -0.05) is 6.92 Å². The number of methoxy groups -OCH3 is 1. The van der Waals surface area contributed by atoms with E-state index in [2.05, 4.69) is 11.8 Å². The minimum atomic E-state index is 0.196. The van der Waals surface area contributed by atoms with Crippen LogP contribution in [0.25, 0.3) is 0 Å². The zero-order valence-corrected chi connectivity index (χ0v) is 14.2. The third kappa shape index (κ3) is 3.67. The summed E-state index contributed by atoms with van der Waals surface area (Å²) in [6, 6.07) is 13.4. The Morgan fingerprint density at radius 3 is 2.62 bits per heavy atom. The fraction of sp³-hybridized carbons (Fsp3) is 0.368. The van der Waals surface area contributed by atoms with Crippen molar-refractivity contribution in [1.82, 2.24) is 0 Å². The maximum absolute atomic E-state index is 6.00. The molecular formula is C19H24N2O3. The van der Waals surface area contributed by atoms with Crippen LogP contribution < -0.4 is 24.8 Å². The molecule has 0 spiro atoms. The molecule has 0 amide bonds. The fourth-order valence-corrected chi connectivity index (χ4v) is 2.81. The summed E-state index contributed by atoms with van der Waals surface area (Å²) in [6.45, 7) is 4.36. The number of fused-ring (bicyclic) bond motifs is 1. The van der Waals surface area contributed by atoms with Gasteiger partial charge in [0, 0.05) is 5.69 Å². The van der Waals surface area contributed by atoms with Crippen LogP contribution in [0.5, 0.6) is 17.2 Å². The van der Waals surface area contributed by atoms with Crippen molar-refractivity contribution in [2.75, 3.05) is 37.4 Å². The highest BCUT2D eigenvalue weighted by Crippen LogP contribution is 2.35. The van der Waals surface area contributed by atoms with E-state index in [1.165, 1.54) is 0 Å². The second kappa shape index (κ2) is 7.34. The summed E-state index contributed by atoms with van der Waals surface area (Å²) in [4.78, 5) is 2.28. The maximum atomic E-state index is 6.00. The molecule has 1 unspecified atom stereocenters. The summed E-state index contributed by atoms with van der Waals surface area (Å²) in [5.41, 5.74) is 7.72. The molecule has 0 aliphatic carbocycles. The van der Waals surface area contributed by atoms with Crippen LogP contribution in [-0.4, -0.2) is 32.9 Å². The Morgan fingerprint density at radius 1 is 1.17 bits per heavy atom. The van der Waals surface area contributed by atoms with Gasteiger partial charge in [0.1, 0.15) is 30.0 Å². The first kappa shape index (κ1) is 16.3. The van der Waals surface area contributed by atoms with Crippen molar-refractivity contribution in [3.05, 3.63) is 42.5 Å². The van der Waals surface area contributed by atoms with Gasteiger partial charge in [-0.25, -0.2) is 0 Å². The van der Waals surface area contributed by atoms with Gasteiger partial charge in [-0.2, -0.15) is 0 Å². The molecule has 0 radical (unpaired) electrons. The lowest BCUT2D eigenvalue weighted by Gasteiger charge is -2.36. The summed E-state index contributed by atoms with van der Waals surface area (Å²) in [7, 11) is 1.65. The lowest BCUT2D eigenvalue weighted by molar-refractivity contribution is 0.186. The van der Waals surface area contributed by atoms with Gasteiger partial charge in [-0.3, -0.25) is 0 Å². The minimum Gasteiger partial charge on any atom is -0.497 e. The van der Waals surface area contributed by atoms with Crippen LogP contribution in [0.1, 0.15) is 13.3 Å². The lowest BCUT2D eigenvalue weighted by atomic mass is 10.1. The number of nitrogens with zero attached hydrogens (tertiary/aromatic N) is 1. The number of anilines is 2. The highest BCUT2D eigenvalue weighted by molar-refractivity contribution is 5.66. The van der Waals surface area contributed by atoms with Crippen molar-refractivity contribution in [2.24, 2.45) is 0 Å². The predicted octanol–water partition coefficient (Wildman–Crippen LogP) is 3.33. The zero-order valence-electron chi connectivity index (χ0n) is 14.2. The van der Waals surface area contributed by atoms with Crippen molar-refractivity contribution in [3.63, 3.8) is 0 Å². The highest BCUT2D eigenvalue weighted by Gasteiger charge is 2.24. The second-order valence-corrected chi connectivity index (χ2v) is 5.85. The number of ether oxygens (including phenoxy) is 3. The van der Waals surface area contributed by atoms with E-state index < -0.39 is 0 Å². The first-order valence-corrected chi connectivity index (χ1v) is 8.27. The van der Waals surface area contributed by atoms with Crippen molar-refractivity contribution < 1.29 is 14.2 Å². The Labute approximate surface area is 142 Å². The molecular weight excluding hydrogens is 304 g/mol. The molecule has 1 heterocycles. The van der Waals surface area contributed by atoms with Crippen molar-refractivity contribution in [2.45, 2.75) is 19.4 Å². The molecule has 3 rings (SSSR count). The van der Waals surface area contributed by atoms with Gasteiger partial charge in [0.15, 0.2) is 0 Å². The predicted molar refractivity (Wildman–Crippen MR) is 96.3 cm³/mol. The van der Waals surface area contributed by atoms with Gasteiger partial charge in [-0.05, 0) is 48.9 Å². The molecule has 0 saturated heterocycles. The third-order valence-corrected chi connectivity index (χ3v) is 4.19. The molecule has 128 valence electrons. The van der Waals surface area contributed by atoms with Gasteiger partial charge in [0.25, 0.3) is 0 Å². The topological polar surface area (TPSA) is 57.0 Å². The second-order valence-electron chi connectivity index (χ2n) is 5.85. The Balaban J connectivity index is 1.64. The van der Waals surface area contributed by atoms with Gasteiger partial charge in [-0.15, -0.1) is 0 Å². The Bertz CT molecular complexity index is 673. The minimum absolute atomic E-state index is 0.196. The molecule has 1 aliphatic heterocycles. The van der Waals surface area contributed by atoms with E-state index in [-0.39, 0.29) is 6.10 Å². The van der Waals surface area contributed by atoms with Crippen LogP contribution in [-0.2, 0) is 0 Å². The van der Waals surface area contributed by atoms with Crippen LogP contribution in [0.3, 0.4) is 0 Å². The van der Waals surface area contributed by atoms with Crippen LogP contribution in [0.2, 0.25) is 0 Å². The zero-order chi connectivity index (χ0) is 16.9. The van der Waals surface area contributed by atoms with E-state index in [4.69, 9.17) is 19.9 Å². The standard InChI is InChI=1S/C19H24N2O3/c1-3-15-13-21(18-12-14(20)4-9-19(18)24-15)10-11-23-17-7-5-16(22-2)6-8-17/h4-9,12,15H,3,10-11,13,20H2,1-2H3. The van der Waals surface area contributed by atoms with Gasteiger partial charge in [0.2, 0.25) is 0 Å². The lowest BCUT2D eigenvalue weighted by Crippen LogP contribution is -2.41. The van der Waals surface area contributed by atoms with E-state index in [0.717, 1.165) is 48.1 Å². The molecule has 5 heteroatoms. The molecule has 1 atom stereocenters. The van der Waals surface area contributed by atoms with Crippen molar-refractivity contribution in [3.8, 4) is 17.2 Å². The van der Waals surface area contributed by atoms with Gasteiger partial charge < -0.3 is 24.8 Å². The largest absolute Gasteiger partial charge is 0.497 e. The number of nitrogens with two attached hydrogens (primary N) is 1. The molecule has 2 aromatic carbocycles. The third-order valence-electron chi connectivity index (χ3n) is 4.19. The highest BCUT2D eigenvalue weighted by atomic mass is 16.5. The van der Waals surface area contributed by atoms with Gasteiger partial charge in [0.05, 0.1) is 25.9 Å². The van der Waals surface area contributed by atoms with E-state index >= 15 is 0 Å². The molecule has 0 bridgehead atoms. The van der Waals surface area contributed by atoms with Crippen molar-refractivity contribution in [1.29, 1.82) is 0 Å². The van der Waals surface area contributed by atoms with Crippen LogP contribution in [0.15, 0.2) is 42.5 Å². The normalized spacial score (nSPS) is 16.2. The number of hydrogen-bond acceptors (Lipinski definition) is 5. The number of hydrogen-bond donors (Lipinski definition) is 1. The molecule has 0 saturated carbocycles. The smallest absolute Gasteiger partial charge is 0.143 e. The Kier molecular flexibility index (Phi) is 4.99. The Morgan fingerprint density at radius 2 is 1.92 bits per heavy atom. The van der Waals surface area contributed by atoms with E-state index in [1.807, 2.05) is 42.5 Å². The average molecular weight is 328 g/mol. The Hall–Kier alpha value is -2.56. The maximum Gasteiger partial charge on any atom is 0.143 e. The van der Waals surface area contributed by atoms with Crippen molar-refractivity contribution >= 4 is 11.4 Å². The molecule has 24 heavy (non-hydrogen) atoms. The number of nitrogen functional groups attached to an aromatic ring is 1. The first-order valence-electron chi connectivity index (χ1n) is 8.27.